The molecule has 2 fully saturated rings. The molecule has 1 saturated carbocycles. The zero-order valence-electron chi connectivity index (χ0n) is 6.95. The van der Waals surface area contributed by atoms with Crippen LogP contribution in [0, 0.1) is 17.2 Å². The van der Waals surface area contributed by atoms with Gasteiger partial charge in [-0.15, -0.1) is 0 Å². The molecule has 3 unspecified atom stereocenters. The van der Waals surface area contributed by atoms with Crippen LogP contribution in [0.3, 0.4) is 0 Å². The van der Waals surface area contributed by atoms with E-state index in [-0.39, 0.29) is 12.1 Å². The molecule has 1 heterocycles. The molecule has 1 aliphatic carbocycles. The Balaban J connectivity index is 2.12. The first-order valence-corrected chi connectivity index (χ1v) is 4.17. The summed E-state index contributed by atoms with van der Waals surface area (Å²) >= 11 is 0. The fourth-order valence-electron chi connectivity index (χ4n) is 1.99. The average molecular weight is 165 g/mol. The maximum atomic E-state index is 11.3. The van der Waals surface area contributed by atoms with Gasteiger partial charge in [-0.1, -0.05) is 0 Å². The first-order chi connectivity index (χ1) is 5.77. The number of carbonyl (C=O) groups excluding carboxylic acids is 1. The Kier molecular flexibility index (Phi) is 1.47. The maximum Gasteiger partial charge on any atom is 0.318 e. The van der Waals surface area contributed by atoms with Gasteiger partial charge in [0.05, 0.1) is 6.07 Å². The molecule has 0 aromatic carbocycles. The standard InChI is InChI=1S/C8H11N3O/c1-10-8(12)11-6(4-9)2-5-3-7(5)11/h5-7H,2-3H2,1H3,(H,10,12). The van der Waals surface area contributed by atoms with Gasteiger partial charge in [-0.3, -0.25) is 0 Å². The van der Waals surface area contributed by atoms with Gasteiger partial charge in [0.2, 0.25) is 0 Å². The number of rotatable bonds is 0. The van der Waals surface area contributed by atoms with Crippen molar-refractivity contribution in [1.29, 1.82) is 5.26 Å². The summed E-state index contributed by atoms with van der Waals surface area (Å²) in [5, 5.41) is 11.3. The molecule has 0 bridgehead atoms. The van der Waals surface area contributed by atoms with Crippen LogP contribution in [0.5, 0.6) is 0 Å². The van der Waals surface area contributed by atoms with E-state index in [0.717, 1.165) is 12.8 Å². The van der Waals surface area contributed by atoms with Crippen molar-refractivity contribution >= 4 is 6.03 Å². The molecule has 2 amide bonds. The molecule has 4 nitrogen and oxygen atoms in total. The van der Waals surface area contributed by atoms with Gasteiger partial charge in [0.25, 0.3) is 0 Å². The Morgan fingerprint density at radius 2 is 2.42 bits per heavy atom. The van der Waals surface area contributed by atoms with E-state index >= 15 is 0 Å². The lowest BCUT2D eigenvalue weighted by atomic mass is 10.2. The third kappa shape index (κ3) is 0.860. The predicted octanol–water partition coefficient (Wildman–Crippen LogP) is 0.312. The topological polar surface area (TPSA) is 56.1 Å². The Labute approximate surface area is 71.1 Å². The number of fused-ring (bicyclic) bond motifs is 1. The zero-order valence-corrected chi connectivity index (χ0v) is 6.95. The van der Waals surface area contributed by atoms with Crippen molar-refractivity contribution < 1.29 is 4.79 Å². The number of hydrogen-bond donors (Lipinski definition) is 1. The van der Waals surface area contributed by atoms with Crippen LogP contribution in [-0.4, -0.2) is 30.1 Å². The molecule has 1 N–H and O–H groups in total. The summed E-state index contributed by atoms with van der Waals surface area (Å²) in [6.07, 6.45) is 1.96. The summed E-state index contributed by atoms with van der Waals surface area (Å²) in [4.78, 5) is 13.0. The quantitative estimate of drug-likeness (QED) is 0.561. The summed E-state index contributed by atoms with van der Waals surface area (Å²) in [7, 11) is 1.60. The van der Waals surface area contributed by atoms with Crippen molar-refractivity contribution in [2.75, 3.05) is 7.05 Å². The summed E-state index contributed by atoms with van der Waals surface area (Å²) in [5.41, 5.74) is 0. The summed E-state index contributed by atoms with van der Waals surface area (Å²) in [6, 6.07) is 2.22. The van der Waals surface area contributed by atoms with Gasteiger partial charge in [0.15, 0.2) is 0 Å². The number of urea groups is 1. The minimum Gasteiger partial charge on any atom is -0.341 e. The highest BCUT2D eigenvalue weighted by Gasteiger charge is 2.54. The lowest BCUT2D eigenvalue weighted by Gasteiger charge is -2.21. The van der Waals surface area contributed by atoms with Crippen LogP contribution >= 0.6 is 0 Å². The number of nitriles is 1. The van der Waals surface area contributed by atoms with Crippen molar-refractivity contribution in [3.8, 4) is 6.07 Å². The summed E-state index contributed by atoms with van der Waals surface area (Å²) in [5.74, 6) is 0.604. The SMILES string of the molecule is CNC(=O)N1C(C#N)CC2CC21. The number of likely N-dealkylation sites (tertiary alicyclic amines) is 1. The van der Waals surface area contributed by atoms with Crippen molar-refractivity contribution in [1.82, 2.24) is 10.2 Å². The number of hydrogen-bond acceptors (Lipinski definition) is 2. The molecule has 64 valence electrons. The van der Waals surface area contributed by atoms with E-state index in [1.807, 2.05) is 0 Å². The zero-order chi connectivity index (χ0) is 8.72. The van der Waals surface area contributed by atoms with E-state index in [4.69, 9.17) is 5.26 Å². The molecular formula is C8H11N3O. The molecule has 0 radical (unpaired) electrons. The summed E-state index contributed by atoms with van der Waals surface area (Å²) in [6.45, 7) is 0. The minimum atomic E-state index is -0.186. The van der Waals surface area contributed by atoms with Crippen molar-refractivity contribution in [2.24, 2.45) is 5.92 Å². The van der Waals surface area contributed by atoms with Crippen molar-refractivity contribution in [2.45, 2.75) is 24.9 Å². The van der Waals surface area contributed by atoms with E-state index < -0.39 is 0 Å². The van der Waals surface area contributed by atoms with E-state index in [1.54, 1.807) is 11.9 Å². The van der Waals surface area contributed by atoms with E-state index in [0.29, 0.717) is 12.0 Å². The van der Waals surface area contributed by atoms with Gasteiger partial charge in [0, 0.05) is 13.1 Å². The van der Waals surface area contributed by atoms with Gasteiger partial charge in [-0.05, 0) is 18.8 Å². The van der Waals surface area contributed by atoms with Crippen molar-refractivity contribution in [3.05, 3.63) is 0 Å². The normalized spacial score (nSPS) is 37.0. The van der Waals surface area contributed by atoms with Gasteiger partial charge >= 0.3 is 6.03 Å². The van der Waals surface area contributed by atoms with Crippen molar-refractivity contribution in [3.63, 3.8) is 0 Å². The van der Waals surface area contributed by atoms with Gasteiger partial charge in [-0.2, -0.15) is 5.26 Å². The first-order valence-electron chi connectivity index (χ1n) is 4.17. The minimum absolute atomic E-state index is 0.105. The highest BCUT2D eigenvalue weighted by molar-refractivity contribution is 5.76. The van der Waals surface area contributed by atoms with E-state index in [9.17, 15) is 4.79 Å². The molecule has 12 heavy (non-hydrogen) atoms. The number of nitrogens with zero attached hydrogens (tertiary/aromatic N) is 2. The van der Waals surface area contributed by atoms with Crippen LogP contribution in [0.2, 0.25) is 0 Å². The first kappa shape index (κ1) is 7.41. The molecule has 2 aliphatic rings. The fourth-order valence-corrected chi connectivity index (χ4v) is 1.99. The molecule has 1 aliphatic heterocycles. The highest BCUT2D eigenvalue weighted by Crippen LogP contribution is 2.47. The number of nitrogens with one attached hydrogen (secondary N) is 1. The number of amides is 2. The van der Waals surface area contributed by atoms with Crippen LogP contribution in [-0.2, 0) is 0 Å². The van der Waals surface area contributed by atoms with Crippen LogP contribution in [0.4, 0.5) is 4.79 Å². The van der Waals surface area contributed by atoms with Crippen LogP contribution < -0.4 is 5.32 Å². The molecule has 0 spiro atoms. The fraction of sp³-hybridized carbons (Fsp3) is 0.750. The highest BCUT2D eigenvalue weighted by atomic mass is 16.2. The van der Waals surface area contributed by atoms with Gasteiger partial charge in [-0.25, -0.2) is 4.79 Å². The van der Waals surface area contributed by atoms with E-state index in [1.165, 1.54) is 0 Å². The predicted molar refractivity (Wildman–Crippen MR) is 42.2 cm³/mol. The van der Waals surface area contributed by atoms with Crippen LogP contribution in [0.15, 0.2) is 0 Å². The second-order valence-electron chi connectivity index (χ2n) is 3.41. The molecule has 1 saturated heterocycles. The molecule has 4 heteroatoms. The second-order valence-corrected chi connectivity index (χ2v) is 3.41. The van der Waals surface area contributed by atoms with Gasteiger partial charge < -0.3 is 10.2 Å². The third-order valence-corrected chi connectivity index (χ3v) is 2.70. The largest absolute Gasteiger partial charge is 0.341 e. The maximum absolute atomic E-state index is 11.3. The van der Waals surface area contributed by atoms with Crippen LogP contribution in [0.1, 0.15) is 12.8 Å². The summed E-state index contributed by atoms with van der Waals surface area (Å²) < 4.78 is 0. The molecule has 3 atom stereocenters. The molecule has 2 rings (SSSR count). The second kappa shape index (κ2) is 2.37. The molecule has 0 aromatic heterocycles. The molecule has 0 aromatic rings. The van der Waals surface area contributed by atoms with Gasteiger partial charge in [0.1, 0.15) is 6.04 Å². The number of piperidine rings is 1. The lowest BCUT2D eigenvalue weighted by Crippen LogP contribution is -2.42. The third-order valence-electron chi connectivity index (χ3n) is 2.70. The Morgan fingerprint density at radius 3 is 3.00 bits per heavy atom. The number of carbonyl (C=O) groups is 1. The smallest absolute Gasteiger partial charge is 0.318 e. The van der Waals surface area contributed by atoms with Crippen LogP contribution in [0.25, 0.3) is 0 Å². The Morgan fingerprint density at radius 1 is 1.67 bits per heavy atom. The van der Waals surface area contributed by atoms with E-state index in [2.05, 4.69) is 11.4 Å². The monoisotopic (exact) mass is 165 g/mol. The Hall–Kier alpha value is -1.24. The molecular weight excluding hydrogens is 154 g/mol. The Bertz CT molecular complexity index is 258. The average Bonchev–Trinajstić information content (AvgIpc) is 2.76. The lowest BCUT2D eigenvalue weighted by molar-refractivity contribution is 0.195.